The molecule has 1 aromatic rings. The zero-order chi connectivity index (χ0) is 18.8. The molecule has 3 nitrogen and oxygen atoms in total. The van der Waals surface area contributed by atoms with Crippen LogP contribution >= 0.6 is 0 Å². The number of phenols is 1. The zero-order valence-electron chi connectivity index (χ0n) is 16.2. The molecule has 1 atom stereocenters. The van der Waals surface area contributed by atoms with Crippen molar-refractivity contribution in [3.05, 3.63) is 46.9 Å². The van der Waals surface area contributed by atoms with E-state index in [0.717, 1.165) is 56.3 Å². The number of hydrogen-bond acceptors (Lipinski definition) is 3. The molecule has 0 saturated heterocycles. The number of aromatic hydroxyl groups is 1. The fraction of sp³-hybridized carbons (Fsp3) is 0.545. The summed E-state index contributed by atoms with van der Waals surface area (Å²) in [4.78, 5) is 1.97. The van der Waals surface area contributed by atoms with Gasteiger partial charge >= 0.3 is 0 Å². The van der Waals surface area contributed by atoms with Gasteiger partial charge in [-0.2, -0.15) is 0 Å². The minimum atomic E-state index is -0.206. The summed E-state index contributed by atoms with van der Waals surface area (Å²) in [7, 11) is 1.93. The third kappa shape index (κ3) is 3.66. The molecule has 26 heavy (non-hydrogen) atoms. The Morgan fingerprint density at radius 2 is 2.08 bits per heavy atom. The Hall–Kier alpha value is -1.81. The van der Waals surface area contributed by atoms with Gasteiger partial charge in [0.1, 0.15) is 11.6 Å². The molecule has 0 spiro atoms. The van der Waals surface area contributed by atoms with Crippen molar-refractivity contribution in [2.24, 2.45) is 0 Å². The Morgan fingerprint density at radius 1 is 1.35 bits per heavy atom. The lowest BCUT2D eigenvalue weighted by molar-refractivity contribution is 0.470. The fourth-order valence-corrected chi connectivity index (χ4v) is 4.08. The highest BCUT2D eigenvalue weighted by Crippen LogP contribution is 2.45. The number of nitrogens with zero attached hydrogens (tertiary/aromatic N) is 1. The van der Waals surface area contributed by atoms with Gasteiger partial charge in [-0.3, -0.25) is 0 Å². The Labute approximate surface area is 156 Å². The summed E-state index contributed by atoms with van der Waals surface area (Å²) in [5.41, 5.74) is 4.71. The number of anilines is 1. The van der Waals surface area contributed by atoms with Gasteiger partial charge in [0.15, 0.2) is 0 Å². The summed E-state index contributed by atoms with van der Waals surface area (Å²) < 4.78 is 14.6. The average Bonchev–Trinajstić information content (AvgIpc) is 3.47. The normalized spacial score (nSPS) is 20.4. The highest BCUT2D eigenvalue weighted by molar-refractivity contribution is 5.64. The van der Waals surface area contributed by atoms with Gasteiger partial charge in [-0.15, -0.1) is 0 Å². The van der Waals surface area contributed by atoms with E-state index in [4.69, 9.17) is 0 Å². The van der Waals surface area contributed by atoms with Crippen molar-refractivity contribution in [1.29, 1.82) is 0 Å². The van der Waals surface area contributed by atoms with Gasteiger partial charge in [-0.1, -0.05) is 26.8 Å². The number of halogens is 1. The molecule has 4 heteroatoms. The Kier molecular flexibility index (Phi) is 5.71. The van der Waals surface area contributed by atoms with Gasteiger partial charge in [-0.05, 0) is 54.4 Å². The highest BCUT2D eigenvalue weighted by atomic mass is 19.1. The lowest BCUT2D eigenvalue weighted by Crippen LogP contribution is -2.40. The molecular formula is C22H31FN2O. The van der Waals surface area contributed by atoms with Crippen molar-refractivity contribution in [3.8, 4) is 5.75 Å². The standard InChI is InChI=1S/C22H31FN2O/c1-5-7-14(3)22-18(6-2)24-11-10-19(22)25(4)20-13-17(23)16(12-21(20)26)15-8-9-15/h12-13,15,18,24,26H,3,5-11H2,1-2,4H3. The molecule has 1 aliphatic heterocycles. The first kappa shape index (κ1) is 19.0. The molecule has 142 valence electrons. The van der Waals surface area contributed by atoms with Crippen molar-refractivity contribution in [2.75, 3.05) is 18.5 Å². The topological polar surface area (TPSA) is 35.5 Å². The van der Waals surface area contributed by atoms with Gasteiger partial charge < -0.3 is 15.3 Å². The van der Waals surface area contributed by atoms with E-state index in [-0.39, 0.29) is 23.5 Å². The summed E-state index contributed by atoms with van der Waals surface area (Å²) in [6, 6.07) is 3.38. The largest absolute Gasteiger partial charge is 0.506 e. The predicted molar refractivity (Wildman–Crippen MR) is 106 cm³/mol. The number of rotatable bonds is 7. The maximum absolute atomic E-state index is 14.6. The van der Waals surface area contributed by atoms with Gasteiger partial charge in [-0.25, -0.2) is 4.39 Å². The molecule has 1 unspecified atom stereocenters. The molecule has 3 rings (SSSR count). The van der Waals surface area contributed by atoms with Crippen LogP contribution in [0.15, 0.2) is 35.6 Å². The molecule has 0 bridgehead atoms. The number of phenolic OH excluding ortho intramolecular Hbond substituents is 1. The SMILES string of the molecule is C=C(CCC)C1=C(N(C)c2cc(F)c(C3CC3)cc2O)CCNC1CC. The molecule has 0 amide bonds. The predicted octanol–water partition coefficient (Wildman–Crippen LogP) is 5.23. The third-order valence-electron chi connectivity index (χ3n) is 5.63. The summed E-state index contributed by atoms with van der Waals surface area (Å²) in [5, 5.41) is 14.1. The van der Waals surface area contributed by atoms with E-state index in [9.17, 15) is 9.50 Å². The second kappa shape index (κ2) is 7.83. The van der Waals surface area contributed by atoms with Crippen molar-refractivity contribution >= 4 is 5.69 Å². The number of hydrogen-bond donors (Lipinski definition) is 2. The van der Waals surface area contributed by atoms with E-state index in [2.05, 4.69) is 25.7 Å². The van der Waals surface area contributed by atoms with Crippen LogP contribution in [-0.2, 0) is 0 Å². The summed E-state index contributed by atoms with van der Waals surface area (Å²) >= 11 is 0. The molecule has 0 aromatic heterocycles. The number of nitrogens with one attached hydrogen (secondary N) is 1. The summed E-state index contributed by atoms with van der Waals surface area (Å²) in [6.07, 6.45) is 5.85. The quantitative estimate of drug-likeness (QED) is 0.701. The van der Waals surface area contributed by atoms with E-state index in [1.54, 1.807) is 6.07 Å². The Balaban J connectivity index is 2.01. The lowest BCUT2D eigenvalue weighted by Gasteiger charge is -2.35. The van der Waals surface area contributed by atoms with Crippen LogP contribution in [0, 0.1) is 5.82 Å². The minimum absolute atomic E-state index is 0.162. The van der Waals surface area contributed by atoms with Crippen LogP contribution in [0.25, 0.3) is 0 Å². The molecule has 2 N–H and O–H groups in total. The first-order valence-electron chi connectivity index (χ1n) is 9.88. The lowest BCUT2D eigenvalue weighted by atomic mass is 9.88. The van der Waals surface area contributed by atoms with Crippen molar-refractivity contribution < 1.29 is 9.50 Å². The van der Waals surface area contributed by atoms with E-state index < -0.39 is 0 Å². The fourth-order valence-electron chi connectivity index (χ4n) is 4.08. The van der Waals surface area contributed by atoms with Gasteiger partial charge in [0.25, 0.3) is 0 Å². The monoisotopic (exact) mass is 358 g/mol. The average molecular weight is 359 g/mol. The van der Waals surface area contributed by atoms with E-state index in [1.807, 2.05) is 11.9 Å². The first-order chi connectivity index (χ1) is 12.5. The van der Waals surface area contributed by atoms with Crippen LogP contribution < -0.4 is 10.2 Å². The van der Waals surface area contributed by atoms with Gasteiger partial charge in [0.05, 0.1) is 5.69 Å². The zero-order valence-corrected chi connectivity index (χ0v) is 16.2. The molecule has 2 aliphatic rings. The number of benzene rings is 1. The summed E-state index contributed by atoms with van der Waals surface area (Å²) in [5.74, 6) is 0.237. The van der Waals surface area contributed by atoms with Crippen LogP contribution in [0.4, 0.5) is 10.1 Å². The van der Waals surface area contributed by atoms with E-state index >= 15 is 0 Å². The first-order valence-corrected chi connectivity index (χ1v) is 9.88. The van der Waals surface area contributed by atoms with Gasteiger partial charge in [0, 0.05) is 37.8 Å². The van der Waals surface area contributed by atoms with Crippen molar-refractivity contribution in [1.82, 2.24) is 5.32 Å². The molecule has 1 aliphatic carbocycles. The van der Waals surface area contributed by atoms with Gasteiger partial charge in [0.2, 0.25) is 0 Å². The molecule has 1 saturated carbocycles. The van der Waals surface area contributed by atoms with Crippen LogP contribution in [0.5, 0.6) is 5.75 Å². The molecule has 1 fully saturated rings. The minimum Gasteiger partial charge on any atom is -0.506 e. The van der Waals surface area contributed by atoms with E-state index in [1.165, 1.54) is 11.6 Å². The molecule has 1 heterocycles. The van der Waals surface area contributed by atoms with Crippen molar-refractivity contribution in [2.45, 2.75) is 64.3 Å². The van der Waals surface area contributed by atoms with Crippen LogP contribution in [0.2, 0.25) is 0 Å². The van der Waals surface area contributed by atoms with E-state index in [0.29, 0.717) is 11.3 Å². The molecular weight excluding hydrogens is 327 g/mol. The maximum Gasteiger partial charge on any atom is 0.139 e. The smallest absolute Gasteiger partial charge is 0.139 e. The van der Waals surface area contributed by atoms with Crippen LogP contribution in [-0.4, -0.2) is 24.7 Å². The second-order valence-corrected chi connectivity index (χ2v) is 7.57. The molecule has 0 radical (unpaired) electrons. The maximum atomic E-state index is 14.6. The molecule has 1 aromatic carbocycles. The van der Waals surface area contributed by atoms with Crippen molar-refractivity contribution in [3.63, 3.8) is 0 Å². The Bertz CT molecular complexity index is 721. The highest BCUT2D eigenvalue weighted by Gasteiger charge is 2.30. The third-order valence-corrected chi connectivity index (χ3v) is 5.63. The Morgan fingerprint density at radius 3 is 2.69 bits per heavy atom. The van der Waals surface area contributed by atoms with Crippen LogP contribution in [0.3, 0.4) is 0 Å². The second-order valence-electron chi connectivity index (χ2n) is 7.57. The van der Waals surface area contributed by atoms with Crippen LogP contribution in [0.1, 0.15) is 63.9 Å². The summed E-state index contributed by atoms with van der Waals surface area (Å²) in [6.45, 7) is 9.52.